The fourth-order valence-corrected chi connectivity index (χ4v) is 3.79. The molecule has 0 spiro atoms. The zero-order valence-electron chi connectivity index (χ0n) is 16.2. The predicted molar refractivity (Wildman–Crippen MR) is 105 cm³/mol. The molecule has 0 aromatic carbocycles. The summed E-state index contributed by atoms with van der Waals surface area (Å²) in [6.45, 7) is 3.23. The quantitative estimate of drug-likeness (QED) is 0.791. The highest BCUT2D eigenvalue weighted by Gasteiger charge is 2.27. The molecule has 152 valence electrons. The van der Waals surface area contributed by atoms with Crippen molar-refractivity contribution in [1.29, 1.82) is 0 Å². The average Bonchev–Trinajstić information content (AvgIpc) is 3.33. The van der Waals surface area contributed by atoms with Crippen LogP contribution in [0.2, 0.25) is 0 Å². The molecule has 8 heteroatoms. The van der Waals surface area contributed by atoms with E-state index in [1.54, 1.807) is 39.0 Å². The van der Waals surface area contributed by atoms with E-state index in [4.69, 9.17) is 4.42 Å². The molecule has 2 aromatic heterocycles. The molecule has 0 N–H and O–H groups in total. The van der Waals surface area contributed by atoms with Crippen LogP contribution in [-0.2, 0) is 0 Å². The van der Waals surface area contributed by atoms with Gasteiger partial charge >= 0.3 is 0 Å². The minimum atomic E-state index is -0.166. The van der Waals surface area contributed by atoms with Crippen LogP contribution >= 0.6 is 0 Å². The molecule has 2 aliphatic heterocycles. The first-order chi connectivity index (χ1) is 14.1. The average molecular weight is 396 g/mol. The molecule has 29 heavy (non-hydrogen) atoms. The van der Waals surface area contributed by atoms with E-state index >= 15 is 0 Å². The number of furan rings is 1. The first-order valence-corrected chi connectivity index (χ1v) is 10.0. The van der Waals surface area contributed by atoms with Gasteiger partial charge < -0.3 is 19.1 Å². The highest BCUT2D eigenvalue weighted by molar-refractivity contribution is 5.98. The Morgan fingerprint density at radius 2 is 1.45 bits per heavy atom. The Morgan fingerprint density at radius 3 is 2.10 bits per heavy atom. The Morgan fingerprint density at radius 1 is 0.793 bits per heavy atom. The van der Waals surface area contributed by atoms with Crippen LogP contribution in [0.4, 0.5) is 0 Å². The molecule has 0 atom stereocenters. The van der Waals surface area contributed by atoms with Crippen LogP contribution in [0.3, 0.4) is 0 Å². The molecule has 0 bridgehead atoms. The Balaban J connectivity index is 1.39. The monoisotopic (exact) mass is 396 g/mol. The molecule has 2 aromatic rings. The largest absolute Gasteiger partial charge is 0.459 e. The smallest absolute Gasteiger partial charge is 0.289 e. The van der Waals surface area contributed by atoms with E-state index in [0.29, 0.717) is 43.2 Å². The predicted octanol–water partition coefficient (Wildman–Crippen LogP) is 1.90. The second kappa shape index (κ2) is 8.46. The summed E-state index contributed by atoms with van der Waals surface area (Å²) < 4.78 is 5.16. The molecule has 4 heterocycles. The maximum absolute atomic E-state index is 12.9. The van der Waals surface area contributed by atoms with E-state index in [2.05, 4.69) is 4.98 Å². The molecule has 4 rings (SSSR count). The molecule has 2 fully saturated rings. The van der Waals surface area contributed by atoms with Crippen LogP contribution in [-0.4, -0.2) is 76.7 Å². The van der Waals surface area contributed by atoms with Crippen molar-refractivity contribution in [3.8, 4) is 0 Å². The van der Waals surface area contributed by atoms with Gasteiger partial charge in [-0.05, 0) is 43.5 Å². The van der Waals surface area contributed by atoms with Gasteiger partial charge in [-0.25, -0.2) is 0 Å². The van der Waals surface area contributed by atoms with Crippen molar-refractivity contribution in [2.24, 2.45) is 0 Å². The van der Waals surface area contributed by atoms with Crippen LogP contribution < -0.4 is 0 Å². The van der Waals surface area contributed by atoms with E-state index in [0.717, 1.165) is 32.4 Å². The normalized spacial score (nSPS) is 17.3. The number of likely N-dealkylation sites (tertiary alicyclic amines) is 1. The highest BCUT2D eigenvalue weighted by Crippen LogP contribution is 2.15. The van der Waals surface area contributed by atoms with Crippen molar-refractivity contribution in [2.45, 2.75) is 19.3 Å². The van der Waals surface area contributed by atoms with Crippen LogP contribution in [0.25, 0.3) is 0 Å². The van der Waals surface area contributed by atoms with Gasteiger partial charge in [0.15, 0.2) is 5.76 Å². The van der Waals surface area contributed by atoms with Crippen LogP contribution in [0.1, 0.15) is 50.7 Å². The van der Waals surface area contributed by atoms with E-state index in [1.807, 2.05) is 0 Å². The van der Waals surface area contributed by atoms with Gasteiger partial charge in [0.25, 0.3) is 17.7 Å². The van der Waals surface area contributed by atoms with E-state index in [-0.39, 0.29) is 17.7 Å². The van der Waals surface area contributed by atoms with E-state index in [1.165, 1.54) is 12.5 Å². The number of aromatic nitrogens is 1. The van der Waals surface area contributed by atoms with Crippen LogP contribution in [0, 0.1) is 0 Å². The van der Waals surface area contributed by atoms with Gasteiger partial charge in [0.2, 0.25) is 0 Å². The summed E-state index contributed by atoms with van der Waals surface area (Å²) in [5.41, 5.74) is 0.760. The van der Waals surface area contributed by atoms with Crippen molar-refractivity contribution in [3.63, 3.8) is 0 Å². The summed E-state index contributed by atoms with van der Waals surface area (Å²) >= 11 is 0. The summed E-state index contributed by atoms with van der Waals surface area (Å²) in [5, 5.41) is 0. The summed E-state index contributed by atoms with van der Waals surface area (Å²) in [6, 6.07) is 6.53. The SMILES string of the molecule is O=C(c1ccnc(C(=O)N2CCCCC2)c1)N1CCN(C(=O)c2ccco2)CC1. The minimum Gasteiger partial charge on any atom is -0.459 e. The number of carbonyl (C=O) groups excluding carboxylic acids is 3. The van der Waals surface area contributed by atoms with Gasteiger partial charge in [-0.15, -0.1) is 0 Å². The molecule has 0 aliphatic carbocycles. The van der Waals surface area contributed by atoms with Crippen LogP contribution in [0.15, 0.2) is 41.1 Å². The molecule has 2 aliphatic rings. The fourth-order valence-electron chi connectivity index (χ4n) is 3.79. The lowest BCUT2D eigenvalue weighted by Crippen LogP contribution is -2.50. The number of carbonyl (C=O) groups is 3. The first-order valence-electron chi connectivity index (χ1n) is 10.0. The van der Waals surface area contributed by atoms with Crippen LogP contribution in [0.5, 0.6) is 0 Å². The van der Waals surface area contributed by atoms with Crippen molar-refractivity contribution in [2.75, 3.05) is 39.3 Å². The standard InChI is InChI=1S/C21H24N4O4/c26-19(24-10-12-25(13-11-24)21(28)18-5-4-14-29-18)16-6-7-22-17(15-16)20(27)23-8-2-1-3-9-23/h4-7,14-15H,1-3,8-13H2. The van der Waals surface area contributed by atoms with E-state index < -0.39 is 0 Å². The number of hydrogen-bond donors (Lipinski definition) is 0. The lowest BCUT2D eigenvalue weighted by Gasteiger charge is -2.34. The number of nitrogens with zero attached hydrogens (tertiary/aromatic N) is 4. The third-order valence-corrected chi connectivity index (χ3v) is 5.46. The number of pyridine rings is 1. The second-order valence-corrected chi connectivity index (χ2v) is 7.34. The first kappa shape index (κ1) is 19.2. The Kier molecular flexibility index (Phi) is 5.59. The number of piperidine rings is 1. The van der Waals surface area contributed by atoms with Gasteiger partial charge in [0.1, 0.15) is 5.69 Å². The van der Waals surface area contributed by atoms with Gasteiger partial charge in [0, 0.05) is 51.0 Å². The number of rotatable bonds is 3. The molecule has 3 amide bonds. The zero-order chi connectivity index (χ0) is 20.2. The lowest BCUT2D eigenvalue weighted by molar-refractivity contribution is 0.0518. The molecular formula is C21H24N4O4. The second-order valence-electron chi connectivity index (χ2n) is 7.34. The summed E-state index contributed by atoms with van der Waals surface area (Å²) in [4.78, 5) is 47.3. The fraction of sp³-hybridized carbons (Fsp3) is 0.429. The lowest BCUT2D eigenvalue weighted by atomic mass is 10.1. The Labute approximate surface area is 169 Å². The number of piperazine rings is 1. The molecule has 0 saturated carbocycles. The van der Waals surface area contributed by atoms with Gasteiger partial charge in [-0.3, -0.25) is 19.4 Å². The molecule has 0 radical (unpaired) electrons. The Hall–Kier alpha value is -3.16. The minimum absolute atomic E-state index is 0.117. The molecule has 2 saturated heterocycles. The third kappa shape index (κ3) is 4.16. The van der Waals surface area contributed by atoms with Crippen molar-refractivity contribution in [3.05, 3.63) is 53.7 Å². The van der Waals surface area contributed by atoms with Crippen molar-refractivity contribution < 1.29 is 18.8 Å². The maximum Gasteiger partial charge on any atom is 0.289 e. The number of amides is 3. The van der Waals surface area contributed by atoms with Crippen molar-refractivity contribution in [1.82, 2.24) is 19.7 Å². The molecule has 8 nitrogen and oxygen atoms in total. The highest BCUT2D eigenvalue weighted by atomic mass is 16.3. The molecule has 0 unspecified atom stereocenters. The van der Waals surface area contributed by atoms with Gasteiger partial charge in [-0.1, -0.05) is 0 Å². The summed E-state index contributed by atoms with van der Waals surface area (Å²) in [5.74, 6) is -0.126. The zero-order valence-corrected chi connectivity index (χ0v) is 16.2. The van der Waals surface area contributed by atoms with Crippen molar-refractivity contribution >= 4 is 17.7 Å². The molecular weight excluding hydrogens is 372 g/mol. The number of hydrogen-bond acceptors (Lipinski definition) is 5. The Bertz CT molecular complexity index is 882. The third-order valence-electron chi connectivity index (χ3n) is 5.46. The summed E-state index contributed by atoms with van der Waals surface area (Å²) in [7, 11) is 0. The topological polar surface area (TPSA) is 87.0 Å². The van der Waals surface area contributed by atoms with Gasteiger partial charge in [0.05, 0.1) is 6.26 Å². The summed E-state index contributed by atoms with van der Waals surface area (Å²) in [6.07, 6.45) is 6.14. The maximum atomic E-state index is 12.9. The van der Waals surface area contributed by atoms with Gasteiger partial charge in [-0.2, -0.15) is 0 Å². The van der Waals surface area contributed by atoms with E-state index in [9.17, 15) is 14.4 Å².